The van der Waals surface area contributed by atoms with Crippen molar-refractivity contribution in [2.75, 3.05) is 0 Å². The van der Waals surface area contributed by atoms with E-state index in [0.29, 0.717) is 28.5 Å². The molecule has 7 nitrogen and oxygen atoms in total. The van der Waals surface area contributed by atoms with Gasteiger partial charge in [-0.25, -0.2) is 9.37 Å². The van der Waals surface area contributed by atoms with E-state index in [2.05, 4.69) is 25.2 Å². The molecule has 0 aliphatic rings. The predicted octanol–water partition coefficient (Wildman–Crippen LogP) is 4.69. The lowest BCUT2D eigenvalue weighted by molar-refractivity contribution is 0.0954. The number of nitrogens with zero attached hydrogens (tertiary/aromatic N) is 5. The van der Waals surface area contributed by atoms with E-state index in [-0.39, 0.29) is 18.3 Å². The second-order valence-electron chi connectivity index (χ2n) is 7.25. The molecule has 0 fully saturated rings. The largest absolute Gasteiger partial charge is 0.360 e. The highest BCUT2D eigenvalue weighted by molar-refractivity contribution is 7.11. The van der Waals surface area contributed by atoms with E-state index >= 15 is 0 Å². The van der Waals surface area contributed by atoms with Crippen molar-refractivity contribution in [2.24, 2.45) is 0 Å². The molecular formula is C23H19FN6OS. The van der Waals surface area contributed by atoms with Gasteiger partial charge in [-0.3, -0.25) is 9.48 Å². The molecular weight excluding hydrogens is 427 g/mol. The monoisotopic (exact) mass is 446 g/mol. The Balaban J connectivity index is 1.42. The maximum absolute atomic E-state index is 14.6. The van der Waals surface area contributed by atoms with Gasteiger partial charge in [-0.05, 0) is 37.1 Å². The van der Waals surface area contributed by atoms with Gasteiger partial charge in [0.2, 0.25) is 0 Å². The number of carbonyl (C=O) groups is 1. The van der Waals surface area contributed by atoms with Crippen LogP contribution in [-0.2, 0) is 13.1 Å². The minimum absolute atomic E-state index is 0.0984. The minimum atomic E-state index is -0.384. The van der Waals surface area contributed by atoms with Crippen LogP contribution in [0.2, 0.25) is 0 Å². The molecule has 0 spiro atoms. The second-order valence-corrected chi connectivity index (χ2v) is 8.10. The Morgan fingerprint density at radius 3 is 2.78 bits per heavy atom. The smallest absolute Gasteiger partial charge is 0.272 e. The summed E-state index contributed by atoms with van der Waals surface area (Å²) < 4.78 is 16.3. The molecule has 0 unspecified atom stereocenters. The van der Waals surface area contributed by atoms with Gasteiger partial charge in [-0.2, -0.15) is 5.10 Å². The first kappa shape index (κ1) is 21.3. The molecule has 1 amide bonds. The number of benzene rings is 1. The Bertz CT molecular complexity index is 1340. The molecule has 3 heterocycles. The number of halogens is 1. The predicted molar refractivity (Wildman–Crippen MR) is 120 cm³/mol. The van der Waals surface area contributed by atoms with Crippen molar-refractivity contribution in [1.29, 1.82) is 0 Å². The zero-order valence-electron chi connectivity index (χ0n) is 17.5. The van der Waals surface area contributed by atoms with E-state index in [1.807, 2.05) is 31.3 Å². The maximum atomic E-state index is 14.6. The Kier molecular flexibility index (Phi) is 6.05. The Hall–Kier alpha value is -3.90. The molecule has 32 heavy (non-hydrogen) atoms. The van der Waals surface area contributed by atoms with E-state index < -0.39 is 0 Å². The summed E-state index contributed by atoms with van der Waals surface area (Å²) in [4.78, 5) is 24.3. The Morgan fingerprint density at radius 2 is 2.09 bits per heavy atom. The second kappa shape index (κ2) is 9.08. The summed E-state index contributed by atoms with van der Waals surface area (Å²) in [6.07, 6.45) is 3.44. The third-order valence-electron chi connectivity index (χ3n) is 4.95. The van der Waals surface area contributed by atoms with Crippen LogP contribution >= 0.6 is 11.3 Å². The van der Waals surface area contributed by atoms with E-state index in [0.717, 1.165) is 22.4 Å². The van der Waals surface area contributed by atoms with Gasteiger partial charge in [-0.1, -0.05) is 24.8 Å². The number of thiazole rings is 1. The standard InChI is InChI=1S/C23H19FN6OS/c1-14-8-18(11-26-22(14)25-3)20-6-7-30(29-20)12-16-4-5-17(19(24)9-16)10-27-23(31)21-15(2)28-13-32-21/h4-9,11,13H,10,12H2,1-2H3,(H,27,31). The molecule has 0 aliphatic carbocycles. The highest BCUT2D eigenvalue weighted by Gasteiger charge is 2.13. The van der Waals surface area contributed by atoms with Gasteiger partial charge in [0.25, 0.3) is 11.7 Å². The Morgan fingerprint density at radius 1 is 1.25 bits per heavy atom. The number of carbonyl (C=O) groups excluding carboxylic acids is 1. The normalized spacial score (nSPS) is 10.7. The number of aromatic nitrogens is 4. The van der Waals surface area contributed by atoms with E-state index in [9.17, 15) is 9.18 Å². The molecule has 4 aromatic rings. The highest BCUT2D eigenvalue weighted by atomic mass is 32.1. The summed E-state index contributed by atoms with van der Waals surface area (Å²) in [6, 6.07) is 8.68. The van der Waals surface area contributed by atoms with Crippen molar-refractivity contribution in [2.45, 2.75) is 26.9 Å². The molecule has 0 aliphatic heterocycles. The molecule has 4 rings (SSSR count). The van der Waals surface area contributed by atoms with Gasteiger partial charge in [0, 0.05) is 23.9 Å². The summed E-state index contributed by atoms with van der Waals surface area (Å²) in [5, 5.41) is 7.27. The van der Waals surface area contributed by atoms with Gasteiger partial charge < -0.3 is 10.2 Å². The molecule has 0 atom stereocenters. The van der Waals surface area contributed by atoms with E-state index in [4.69, 9.17) is 6.57 Å². The van der Waals surface area contributed by atoms with Gasteiger partial charge in [0.1, 0.15) is 16.9 Å². The number of aryl methyl sites for hydroxylation is 2. The van der Waals surface area contributed by atoms with E-state index in [1.165, 1.54) is 17.4 Å². The quantitative estimate of drug-likeness (QED) is 0.436. The fourth-order valence-electron chi connectivity index (χ4n) is 3.22. The van der Waals surface area contributed by atoms with Gasteiger partial charge in [0.15, 0.2) is 0 Å². The minimum Gasteiger partial charge on any atom is -0.360 e. The number of hydrogen-bond acceptors (Lipinski definition) is 5. The molecule has 0 radical (unpaired) electrons. The molecule has 0 saturated heterocycles. The zero-order valence-corrected chi connectivity index (χ0v) is 18.3. The van der Waals surface area contributed by atoms with Gasteiger partial charge >= 0.3 is 0 Å². The first-order valence-corrected chi connectivity index (χ1v) is 10.7. The van der Waals surface area contributed by atoms with Crippen LogP contribution in [-0.4, -0.2) is 25.7 Å². The molecule has 9 heteroatoms. The van der Waals surface area contributed by atoms with Crippen molar-refractivity contribution in [3.05, 3.63) is 92.7 Å². The highest BCUT2D eigenvalue weighted by Crippen LogP contribution is 2.23. The molecule has 1 aromatic carbocycles. The average molecular weight is 447 g/mol. The van der Waals surface area contributed by atoms with Crippen LogP contribution in [0.4, 0.5) is 10.2 Å². The lowest BCUT2D eigenvalue weighted by atomic mass is 10.1. The lowest BCUT2D eigenvalue weighted by Gasteiger charge is -2.08. The van der Waals surface area contributed by atoms with Crippen molar-refractivity contribution in [3.63, 3.8) is 0 Å². The topological polar surface area (TPSA) is 77.1 Å². The number of pyridine rings is 1. The molecule has 160 valence electrons. The number of rotatable bonds is 6. The van der Waals surface area contributed by atoms with Crippen LogP contribution < -0.4 is 5.32 Å². The molecule has 3 aromatic heterocycles. The van der Waals surface area contributed by atoms with E-state index in [1.54, 1.807) is 29.4 Å². The van der Waals surface area contributed by atoms with Crippen LogP contribution in [0.1, 0.15) is 32.1 Å². The third-order valence-corrected chi connectivity index (χ3v) is 5.87. The van der Waals surface area contributed by atoms with Crippen LogP contribution in [0.15, 0.2) is 48.2 Å². The number of hydrogen-bond donors (Lipinski definition) is 1. The number of amides is 1. The Labute approximate surface area is 188 Å². The van der Waals surface area contributed by atoms with Crippen molar-refractivity contribution in [1.82, 2.24) is 25.1 Å². The molecule has 0 bridgehead atoms. The number of nitrogens with one attached hydrogen (secondary N) is 1. The van der Waals surface area contributed by atoms with Crippen molar-refractivity contribution >= 4 is 23.1 Å². The fraction of sp³-hybridized carbons (Fsp3) is 0.174. The van der Waals surface area contributed by atoms with Crippen LogP contribution in [0.3, 0.4) is 0 Å². The van der Waals surface area contributed by atoms with Crippen molar-refractivity contribution in [3.8, 4) is 11.3 Å². The first-order valence-electron chi connectivity index (χ1n) is 9.78. The SMILES string of the molecule is [C-]#[N+]c1ncc(-c2ccn(Cc3ccc(CNC(=O)c4scnc4C)c(F)c3)n2)cc1C. The molecule has 1 N–H and O–H groups in total. The van der Waals surface area contributed by atoms with Crippen LogP contribution in [0.5, 0.6) is 0 Å². The van der Waals surface area contributed by atoms with Crippen LogP contribution in [0.25, 0.3) is 16.1 Å². The average Bonchev–Trinajstić information content (AvgIpc) is 3.42. The van der Waals surface area contributed by atoms with Crippen molar-refractivity contribution < 1.29 is 9.18 Å². The van der Waals surface area contributed by atoms with Crippen LogP contribution in [0, 0.1) is 26.2 Å². The summed E-state index contributed by atoms with van der Waals surface area (Å²) >= 11 is 1.26. The fourth-order valence-corrected chi connectivity index (χ4v) is 3.94. The van der Waals surface area contributed by atoms with Gasteiger partial charge in [-0.15, -0.1) is 16.3 Å². The van der Waals surface area contributed by atoms with Gasteiger partial charge in [0.05, 0.1) is 23.4 Å². The lowest BCUT2D eigenvalue weighted by Crippen LogP contribution is -2.23. The summed E-state index contributed by atoms with van der Waals surface area (Å²) in [7, 11) is 0. The first-order chi connectivity index (χ1) is 15.4. The summed E-state index contributed by atoms with van der Waals surface area (Å²) in [6.45, 7) is 11.2. The summed E-state index contributed by atoms with van der Waals surface area (Å²) in [5.41, 5.74) is 5.78. The zero-order chi connectivity index (χ0) is 22.7. The molecule has 0 saturated carbocycles. The summed E-state index contributed by atoms with van der Waals surface area (Å²) in [5.74, 6) is -0.264. The maximum Gasteiger partial charge on any atom is 0.272 e. The third kappa shape index (κ3) is 4.55.